The molecule has 1 amide bonds. The summed E-state index contributed by atoms with van der Waals surface area (Å²) in [5, 5.41) is 3.03. The highest BCUT2D eigenvalue weighted by atomic mass is 35.5. The molecule has 1 N–H and O–H groups in total. The molecule has 0 bridgehead atoms. The number of halogens is 3. The molecule has 0 saturated carbocycles. The second kappa shape index (κ2) is 9.03. The number of benzene rings is 2. The quantitative estimate of drug-likeness (QED) is 0.556. The number of aromatic nitrogens is 1. The van der Waals surface area contributed by atoms with Gasteiger partial charge in [0.1, 0.15) is 12.4 Å². The zero-order valence-electron chi connectivity index (χ0n) is 17.3. The number of ether oxygens (including phenoxy) is 2. The molecule has 1 aromatic heterocycles. The minimum Gasteiger partial charge on any atom is -0.483 e. The van der Waals surface area contributed by atoms with Crippen molar-refractivity contribution in [3.8, 4) is 11.5 Å². The van der Waals surface area contributed by atoms with Crippen LogP contribution in [-0.4, -0.2) is 35.9 Å². The van der Waals surface area contributed by atoms with Gasteiger partial charge in [-0.15, -0.1) is 0 Å². The predicted octanol–water partition coefficient (Wildman–Crippen LogP) is 5.08. The van der Waals surface area contributed by atoms with E-state index in [0.717, 1.165) is 0 Å². The highest BCUT2D eigenvalue weighted by Gasteiger charge is 2.28. The lowest BCUT2D eigenvalue weighted by molar-refractivity contribution is -0.158. The normalized spacial score (nSPS) is 13.6. The number of Topliss-reactive ketones (excluding diaryl/α,β-unsaturated/α-hetero) is 1. The molecule has 2 aromatic carbocycles. The smallest absolute Gasteiger partial charge is 0.394 e. The summed E-state index contributed by atoms with van der Waals surface area (Å²) >= 11 is 6.29. The van der Waals surface area contributed by atoms with Gasteiger partial charge in [-0.2, -0.15) is 8.78 Å². The van der Waals surface area contributed by atoms with Crippen molar-refractivity contribution in [1.29, 1.82) is 0 Å². The Labute approximate surface area is 192 Å². The number of carbonyl (C=O) groups is 2. The molecule has 4 rings (SSSR count). The van der Waals surface area contributed by atoms with E-state index in [0.29, 0.717) is 29.1 Å². The molecule has 33 heavy (non-hydrogen) atoms. The van der Waals surface area contributed by atoms with Crippen LogP contribution in [0.15, 0.2) is 60.8 Å². The maximum atomic E-state index is 13.0. The first-order valence-electron chi connectivity index (χ1n) is 9.85. The molecule has 7 nitrogen and oxygen atoms in total. The molecular weight excluding hydrogens is 456 g/mol. The zero-order valence-corrected chi connectivity index (χ0v) is 18.1. The van der Waals surface area contributed by atoms with Gasteiger partial charge >= 0.3 is 6.11 Å². The molecule has 1 aliphatic rings. The molecule has 170 valence electrons. The van der Waals surface area contributed by atoms with Gasteiger partial charge in [-0.25, -0.2) is 4.98 Å². The number of amides is 1. The van der Waals surface area contributed by atoms with Gasteiger partial charge in [0.2, 0.25) is 0 Å². The van der Waals surface area contributed by atoms with Crippen molar-refractivity contribution in [3.63, 3.8) is 0 Å². The van der Waals surface area contributed by atoms with Gasteiger partial charge < -0.3 is 19.7 Å². The summed E-state index contributed by atoms with van der Waals surface area (Å²) in [7, 11) is 0. The molecule has 0 aliphatic carbocycles. The van der Waals surface area contributed by atoms with Crippen molar-refractivity contribution < 1.29 is 27.8 Å². The topological polar surface area (TPSA) is 80.8 Å². The summed E-state index contributed by atoms with van der Waals surface area (Å²) in [6, 6.07) is 13.7. The number of nitrogens with one attached hydrogen (secondary N) is 1. The Morgan fingerprint density at radius 3 is 2.64 bits per heavy atom. The van der Waals surface area contributed by atoms with Crippen molar-refractivity contribution in [1.82, 2.24) is 4.98 Å². The van der Waals surface area contributed by atoms with E-state index in [4.69, 9.17) is 16.3 Å². The fourth-order valence-electron chi connectivity index (χ4n) is 3.30. The lowest BCUT2D eigenvalue weighted by Crippen LogP contribution is -2.26. The number of hydrogen-bond donors (Lipinski definition) is 1. The van der Waals surface area contributed by atoms with E-state index >= 15 is 0 Å². The summed E-state index contributed by atoms with van der Waals surface area (Å²) in [6.45, 7) is 0.379. The molecule has 10 heteroatoms. The van der Waals surface area contributed by atoms with Crippen molar-refractivity contribution in [2.75, 3.05) is 23.4 Å². The molecule has 2 heterocycles. The Bertz CT molecular complexity index is 1200. The Morgan fingerprint density at radius 1 is 1.18 bits per heavy atom. The van der Waals surface area contributed by atoms with Gasteiger partial charge in [-0.05, 0) is 48.5 Å². The Morgan fingerprint density at radius 2 is 1.94 bits per heavy atom. The Balaban J connectivity index is 1.63. The minimum atomic E-state index is -3.32. The predicted molar refractivity (Wildman–Crippen MR) is 119 cm³/mol. The molecule has 0 unspecified atom stereocenters. The van der Waals surface area contributed by atoms with E-state index in [9.17, 15) is 18.4 Å². The SMILES string of the molecule is CC(F)(F)Oc1ccc(NC(=O)c2cccc3c2OCC(=O)CN3c2ncccc2Cl)cc1. The third-order valence-corrected chi connectivity index (χ3v) is 4.94. The summed E-state index contributed by atoms with van der Waals surface area (Å²) in [5.41, 5.74) is 1.00. The van der Waals surface area contributed by atoms with Crippen molar-refractivity contribution in [3.05, 3.63) is 71.4 Å². The van der Waals surface area contributed by atoms with Crippen LogP contribution >= 0.6 is 11.6 Å². The van der Waals surface area contributed by atoms with Gasteiger partial charge in [0.25, 0.3) is 5.91 Å². The van der Waals surface area contributed by atoms with Crippen LogP contribution < -0.4 is 19.7 Å². The fraction of sp³-hybridized carbons (Fsp3) is 0.174. The number of para-hydroxylation sites is 1. The second-order valence-corrected chi connectivity index (χ2v) is 7.67. The number of fused-ring (bicyclic) bond motifs is 1. The summed E-state index contributed by atoms with van der Waals surface area (Å²) in [4.78, 5) is 31.2. The van der Waals surface area contributed by atoms with Crippen LogP contribution in [0.5, 0.6) is 11.5 Å². The maximum Gasteiger partial charge on any atom is 0.394 e. The number of pyridine rings is 1. The number of ketones is 1. The van der Waals surface area contributed by atoms with Crippen LogP contribution in [0.1, 0.15) is 17.3 Å². The number of nitrogens with zero attached hydrogens (tertiary/aromatic N) is 2. The standard InChI is InChI=1S/C23H18ClF2N3O4/c1-23(25,26)33-16-9-7-14(8-10-16)28-22(31)17-4-2-6-19-20(17)32-13-15(30)12-29(19)21-18(24)5-3-11-27-21/h2-11H,12-13H2,1H3,(H,28,31). The summed E-state index contributed by atoms with van der Waals surface area (Å²) in [6.07, 6.45) is -1.76. The average molecular weight is 474 g/mol. The molecule has 1 aliphatic heterocycles. The van der Waals surface area contributed by atoms with Crippen LogP contribution in [0, 0.1) is 0 Å². The summed E-state index contributed by atoms with van der Waals surface area (Å²) in [5.74, 6) is -0.211. The van der Waals surface area contributed by atoms with Gasteiger partial charge in [-0.1, -0.05) is 17.7 Å². The molecule has 0 fully saturated rings. The van der Waals surface area contributed by atoms with E-state index in [1.807, 2.05) is 0 Å². The van der Waals surface area contributed by atoms with Crippen molar-refractivity contribution in [2.45, 2.75) is 13.0 Å². The molecule has 0 saturated heterocycles. The first-order valence-corrected chi connectivity index (χ1v) is 10.2. The van der Waals surface area contributed by atoms with Crippen LogP contribution in [0.3, 0.4) is 0 Å². The molecule has 0 atom stereocenters. The number of rotatable bonds is 5. The maximum absolute atomic E-state index is 13.0. The van der Waals surface area contributed by atoms with Gasteiger partial charge in [0, 0.05) is 18.8 Å². The monoisotopic (exact) mass is 473 g/mol. The van der Waals surface area contributed by atoms with E-state index in [-0.39, 0.29) is 36.0 Å². The molecule has 0 spiro atoms. The van der Waals surface area contributed by atoms with Crippen molar-refractivity contribution >= 4 is 40.5 Å². The summed E-state index contributed by atoms with van der Waals surface area (Å²) < 4.78 is 36.2. The van der Waals surface area contributed by atoms with Gasteiger partial charge in [-0.3, -0.25) is 9.59 Å². The number of alkyl halides is 2. The Hall–Kier alpha value is -3.72. The average Bonchev–Trinajstić information content (AvgIpc) is 2.93. The highest BCUT2D eigenvalue weighted by molar-refractivity contribution is 6.33. The second-order valence-electron chi connectivity index (χ2n) is 7.26. The van der Waals surface area contributed by atoms with E-state index in [1.165, 1.54) is 24.3 Å². The first kappa shape index (κ1) is 22.5. The van der Waals surface area contributed by atoms with E-state index in [1.54, 1.807) is 41.4 Å². The molecule has 0 radical (unpaired) electrons. The molecular formula is C23H18ClF2N3O4. The van der Waals surface area contributed by atoms with Gasteiger partial charge in [0.15, 0.2) is 17.4 Å². The fourth-order valence-corrected chi connectivity index (χ4v) is 3.53. The van der Waals surface area contributed by atoms with Crippen molar-refractivity contribution in [2.24, 2.45) is 0 Å². The molecule has 3 aromatic rings. The van der Waals surface area contributed by atoms with E-state index in [2.05, 4.69) is 15.0 Å². The zero-order chi connectivity index (χ0) is 23.6. The van der Waals surface area contributed by atoms with Crippen LogP contribution in [0.25, 0.3) is 0 Å². The third kappa shape index (κ3) is 5.20. The number of carbonyl (C=O) groups excluding carboxylic acids is 2. The van der Waals surface area contributed by atoms with Crippen LogP contribution in [0.2, 0.25) is 5.02 Å². The van der Waals surface area contributed by atoms with Crippen LogP contribution in [-0.2, 0) is 4.79 Å². The number of hydrogen-bond acceptors (Lipinski definition) is 6. The Kier molecular flexibility index (Phi) is 6.15. The van der Waals surface area contributed by atoms with Crippen LogP contribution in [0.4, 0.5) is 26.0 Å². The third-order valence-electron chi connectivity index (χ3n) is 4.65. The lowest BCUT2D eigenvalue weighted by Gasteiger charge is -2.23. The lowest BCUT2D eigenvalue weighted by atomic mass is 10.1. The minimum absolute atomic E-state index is 0.0294. The first-order chi connectivity index (χ1) is 15.7. The number of anilines is 3. The van der Waals surface area contributed by atoms with Gasteiger partial charge in [0.05, 0.1) is 22.8 Å². The van der Waals surface area contributed by atoms with E-state index < -0.39 is 12.0 Å². The largest absolute Gasteiger partial charge is 0.483 e. The highest BCUT2D eigenvalue weighted by Crippen LogP contribution is 2.39.